The zero-order valence-electron chi connectivity index (χ0n) is 25.9. The summed E-state index contributed by atoms with van der Waals surface area (Å²) in [5.41, 5.74) is 19.3. The first kappa shape index (κ1) is 36.5. The molecule has 0 bridgehead atoms. The summed E-state index contributed by atoms with van der Waals surface area (Å²) >= 11 is 0. The number of aromatic nitrogens is 2. The molecule has 0 aliphatic carbocycles. The van der Waals surface area contributed by atoms with Crippen LogP contribution in [0.2, 0.25) is 0 Å². The number of benzene rings is 2. The predicted molar refractivity (Wildman–Crippen MR) is 171 cm³/mol. The molecule has 42 heavy (non-hydrogen) atoms. The third kappa shape index (κ3) is 10.5. The number of unbranched alkanes of at least 4 members (excludes halogenated alkanes) is 13. The molecule has 0 radical (unpaired) electrons. The maximum absolute atomic E-state index is 6.23. The molecule has 0 saturated carbocycles. The van der Waals surface area contributed by atoms with E-state index in [9.17, 15) is 0 Å². The van der Waals surface area contributed by atoms with Gasteiger partial charge in [-0.25, -0.2) is 0 Å². The Labute approximate surface area is 288 Å². The smallest absolute Gasteiger partial charge is 0.214 e. The SMILES string of the molecule is Cc1cc(N)c2ccccc2[n+]1CCCCCCCCCCCCCCCC[n+]1c(C)cc(N)c2ccccc21.[I-].[I-]. The minimum Gasteiger partial charge on any atom is -1.00 e. The molecule has 0 aliphatic heterocycles. The molecule has 4 nitrogen and oxygen atoms in total. The Morgan fingerprint density at radius 2 is 0.738 bits per heavy atom. The molecule has 230 valence electrons. The van der Waals surface area contributed by atoms with E-state index in [0.717, 1.165) is 24.5 Å². The van der Waals surface area contributed by atoms with Gasteiger partial charge in [0.25, 0.3) is 0 Å². The fourth-order valence-corrected chi connectivity index (χ4v) is 6.30. The van der Waals surface area contributed by atoms with Crippen molar-refractivity contribution in [2.45, 2.75) is 117 Å². The van der Waals surface area contributed by atoms with Gasteiger partial charge in [0.05, 0.1) is 22.1 Å². The minimum atomic E-state index is 0. The molecule has 2 aromatic carbocycles. The van der Waals surface area contributed by atoms with Crippen LogP contribution in [0.1, 0.15) is 101 Å². The Kier molecular flexibility index (Phi) is 17.0. The highest BCUT2D eigenvalue weighted by atomic mass is 127. The van der Waals surface area contributed by atoms with E-state index in [2.05, 4.69) is 83.6 Å². The van der Waals surface area contributed by atoms with Gasteiger partial charge in [-0.2, -0.15) is 9.13 Å². The van der Waals surface area contributed by atoms with Crippen molar-refractivity contribution in [2.75, 3.05) is 11.5 Å². The number of rotatable bonds is 17. The number of pyridine rings is 2. The summed E-state index contributed by atoms with van der Waals surface area (Å²) in [5.74, 6) is 0. The number of aryl methyl sites for hydroxylation is 4. The quantitative estimate of drug-likeness (QED) is 0.0983. The monoisotopic (exact) mass is 794 g/mol. The van der Waals surface area contributed by atoms with Gasteiger partial charge in [0, 0.05) is 51.0 Å². The van der Waals surface area contributed by atoms with Crippen molar-refractivity contribution in [2.24, 2.45) is 0 Å². The van der Waals surface area contributed by atoms with Crippen molar-refractivity contribution in [3.8, 4) is 0 Å². The molecule has 0 amide bonds. The van der Waals surface area contributed by atoms with Crippen LogP contribution in [0.4, 0.5) is 11.4 Å². The second-order valence-electron chi connectivity index (χ2n) is 11.8. The first-order chi connectivity index (χ1) is 19.6. The van der Waals surface area contributed by atoms with E-state index >= 15 is 0 Å². The summed E-state index contributed by atoms with van der Waals surface area (Å²) in [6.45, 7) is 6.52. The minimum absolute atomic E-state index is 0. The zero-order valence-corrected chi connectivity index (χ0v) is 30.2. The molecule has 0 fully saturated rings. The summed E-state index contributed by atoms with van der Waals surface area (Å²) in [7, 11) is 0. The average Bonchev–Trinajstić information content (AvgIpc) is 2.95. The molecule has 4 N–H and O–H groups in total. The molecular formula is C36H52I2N4. The first-order valence-corrected chi connectivity index (χ1v) is 15.9. The van der Waals surface area contributed by atoms with Crippen molar-refractivity contribution in [1.29, 1.82) is 0 Å². The van der Waals surface area contributed by atoms with Gasteiger partial charge in [0.15, 0.2) is 11.4 Å². The summed E-state index contributed by atoms with van der Waals surface area (Å²) in [6.07, 6.45) is 19.0. The van der Waals surface area contributed by atoms with Crippen LogP contribution >= 0.6 is 0 Å². The lowest BCUT2D eigenvalue weighted by Crippen LogP contribution is -3.00. The molecule has 6 heteroatoms. The lowest BCUT2D eigenvalue weighted by Gasteiger charge is -2.07. The lowest BCUT2D eigenvalue weighted by atomic mass is 10.0. The fraction of sp³-hybridized carbons (Fsp3) is 0.500. The molecule has 0 unspecified atom stereocenters. The van der Waals surface area contributed by atoms with Crippen LogP contribution in [0.15, 0.2) is 60.7 Å². The van der Waals surface area contributed by atoms with E-state index in [1.807, 2.05) is 0 Å². The number of nitrogens with zero attached hydrogens (tertiary/aromatic N) is 2. The van der Waals surface area contributed by atoms with Crippen LogP contribution in [0.5, 0.6) is 0 Å². The Morgan fingerprint density at radius 3 is 1.07 bits per heavy atom. The zero-order chi connectivity index (χ0) is 28.2. The van der Waals surface area contributed by atoms with E-state index in [1.54, 1.807) is 0 Å². The predicted octanol–water partition coefficient (Wildman–Crippen LogP) is 2.52. The summed E-state index contributed by atoms with van der Waals surface area (Å²) in [5, 5.41) is 2.34. The number of hydrogen-bond donors (Lipinski definition) is 2. The Hall–Kier alpha value is -1.68. The topological polar surface area (TPSA) is 59.8 Å². The molecule has 2 aromatic heterocycles. The van der Waals surface area contributed by atoms with Crippen molar-refractivity contribution >= 4 is 33.2 Å². The van der Waals surface area contributed by atoms with E-state index in [1.165, 1.54) is 123 Å². The number of anilines is 2. The van der Waals surface area contributed by atoms with Gasteiger partial charge in [0.1, 0.15) is 13.1 Å². The van der Waals surface area contributed by atoms with E-state index in [0.29, 0.717) is 0 Å². The van der Waals surface area contributed by atoms with Gasteiger partial charge in [-0.1, -0.05) is 88.5 Å². The van der Waals surface area contributed by atoms with Crippen LogP contribution in [0.3, 0.4) is 0 Å². The van der Waals surface area contributed by atoms with Crippen LogP contribution in [-0.2, 0) is 13.1 Å². The van der Waals surface area contributed by atoms with Gasteiger partial charge in [-0.15, -0.1) is 0 Å². The van der Waals surface area contributed by atoms with Crippen LogP contribution in [0.25, 0.3) is 21.8 Å². The number of para-hydroxylation sites is 2. The number of hydrogen-bond acceptors (Lipinski definition) is 2. The van der Waals surface area contributed by atoms with Crippen molar-refractivity contribution in [1.82, 2.24) is 0 Å². The van der Waals surface area contributed by atoms with E-state index < -0.39 is 0 Å². The van der Waals surface area contributed by atoms with E-state index in [-0.39, 0.29) is 48.0 Å². The number of nitrogens with two attached hydrogens (primary N) is 2. The summed E-state index contributed by atoms with van der Waals surface area (Å²) in [4.78, 5) is 0. The third-order valence-corrected chi connectivity index (χ3v) is 8.61. The van der Waals surface area contributed by atoms with Gasteiger partial charge >= 0.3 is 0 Å². The third-order valence-electron chi connectivity index (χ3n) is 8.61. The maximum Gasteiger partial charge on any atom is 0.214 e. The van der Waals surface area contributed by atoms with E-state index in [4.69, 9.17) is 11.5 Å². The summed E-state index contributed by atoms with van der Waals surface area (Å²) < 4.78 is 4.88. The van der Waals surface area contributed by atoms with Crippen LogP contribution < -0.4 is 68.6 Å². The number of fused-ring (bicyclic) bond motifs is 2. The van der Waals surface area contributed by atoms with Crippen LogP contribution in [0, 0.1) is 13.8 Å². The normalized spacial score (nSPS) is 11.0. The van der Waals surface area contributed by atoms with Gasteiger partial charge < -0.3 is 59.4 Å². The molecule has 0 aliphatic rings. The largest absolute Gasteiger partial charge is 1.00 e. The van der Waals surface area contributed by atoms with Crippen molar-refractivity contribution in [3.63, 3.8) is 0 Å². The van der Waals surface area contributed by atoms with Crippen molar-refractivity contribution in [3.05, 3.63) is 72.1 Å². The number of nitrogen functional groups attached to an aromatic ring is 2. The highest BCUT2D eigenvalue weighted by Crippen LogP contribution is 2.20. The van der Waals surface area contributed by atoms with Crippen molar-refractivity contribution < 1.29 is 57.1 Å². The molecule has 0 atom stereocenters. The average molecular weight is 795 g/mol. The van der Waals surface area contributed by atoms with Gasteiger partial charge in [-0.3, -0.25) is 0 Å². The Bertz CT molecular complexity index is 1270. The van der Waals surface area contributed by atoms with Gasteiger partial charge in [-0.05, 0) is 25.0 Å². The Balaban J connectivity index is 0.00000308. The summed E-state index contributed by atoms with van der Waals surface area (Å²) in [6, 6.07) is 21.3. The Morgan fingerprint density at radius 1 is 0.452 bits per heavy atom. The second-order valence-corrected chi connectivity index (χ2v) is 11.8. The lowest BCUT2D eigenvalue weighted by molar-refractivity contribution is -0.678. The highest BCUT2D eigenvalue weighted by Gasteiger charge is 2.15. The molecule has 4 rings (SSSR count). The maximum atomic E-state index is 6.23. The molecular weight excluding hydrogens is 742 g/mol. The highest BCUT2D eigenvalue weighted by molar-refractivity contribution is 5.88. The van der Waals surface area contributed by atoms with Crippen LogP contribution in [-0.4, -0.2) is 0 Å². The van der Waals surface area contributed by atoms with Gasteiger partial charge in [0.2, 0.25) is 11.0 Å². The second kappa shape index (κ2) is 19.6. The number of halogens is 2. The fourth-order valence-electron chi connectivity index (χ4n) is 6.30. The standard InChI is InChI=1S/C36H50N4.2HI/c1-29-27-33(37)31-21-15-17-23-35(31)39(29)25-19-13-11-9-7-5-3-4-6-8-10-12-14-20-26-40-30(2)28-34(38)32-22-16-18-24-36(32)40;;/h15-18,21-24,27-28,37-38H,3-14,19-20,25-26H2,1-2H3;2*1H. The molecule has 4 aromatic rings. The molecule has 0 spiro atoms. The molecule has 2 heterocycles. The molecule has 0 saturated heterocycles. The first-order valence-electron chi connectivity index (χ1n) is 15.9.